The molecule has 0 unspecified atom stereocenters. The maximum Gasteiger partial charge on any atom is 0.433 e. The van der Waals surface area contributed by atoms with E-state index in [0.29, 0.717) is 5.69 Å². The van der Waals surface area contributed by atoms with Crippen molar-refractivity contribution < 1.29 is 13.2 Å². The zero-order chi connectivity index (χ0) is 11.1. The van der Waals surface area contributed by atoms with Crippen molar-refractivity contribution in [1.82, 2.24) is 10.2 Å². The highest BCUT2D eigenvalue weighted by Crippen LogP contribution is 2.37. The summed E-state index contributed by atoms with van der Waals surface area (Å²) >= 11 is 0. The number of aromatic amines is 1. The van der Waals surface area contributed by atoms with Gasteiger partial charge in [-0.1, -0.05) is 20.8 Å². The maximum atomic E-state index is 12.5. The molecule has 1 N–H and O–H groups in total. The molecular formula is C9H13F3N2. The Labute approximate surface area is 80.5 Å². The SMILES string of the molecule is Cc1n[nH]c(C(F)(F)F)c1C(C)(C)C. The van der Waals surface area contributed by atoms with Crippen LogP contribution in [0.4, 0.5) is 13.2 Å². The minimum atomic E-state index is -4.36. The Morgan fingerprint density at radius 3 is 1.93 bits per heavy atom. The summed E-state index contributed by atoms with van der Waals surface area (Å²) in [4.78, 5) is 0. The Hall–Kier alpha value is -1.00. The molecule has 0 aliphatic carbocycles. The van der Waals surface area contributed by atoms with Crippen LogP contribution in [0.2, 0.25) is 0 Å². The summed E-state index contributed by atoms with van der Waals surface area (Å²) in [6, 6.07) is 0. The molecule has 0 aromatic carbocycles. The molecule has 1 rings (SSSR count). The summed E-state index contributed by atoms with van der Waals surface area (Å²) in [5.74, 6) is 0. The van der Waals surface area contributed by atoms with Gasteiger partial charge in [-0.25, -0.2) is 0 Å². The maximum absolute atomic E-state index is 12.5. The van der Waals surface area contributed by atoms with Gasteiger partial charge in [0, 0.05) is 5.56 Å². The van der Waals surface area contributed by atoms with E-state index in [1.165, 1.54) is 0 Å². The molecule has 5 heteroatoms. The first-order valence-electron chi connectivity index (χ1n) is 4.26. The van der Waals surface area contributed by atoms with E-state index in [0.717, 1.165) is 0 Å². The lowest BCUT2D eigenvalue weighted by Gasteiger charge is -2.20. The number of alkyl halides is 3. The molecule has 2 nitrogen and oxygen atoms in total. The molecule has 0 bridgehead atoms. The smallest absolute Gasteiger partial charge is 0.273 e. The summed E-state index contributed by atoms with van der Waals surface area (Å²) in [7, 11) is 0. The van der Waals surface area contributed by atoms with E-state index in [4.69, 9.17) is 0 Å². The number of H-pyrrole nitrogens is 1. The normalized spacial score (nSPS) is 13.4. The molecule has 0 saturated carbocycles. The van der Waals surface area contributed by atoms with Gasteiger partial charge in [0.1, 0.15) is 5.69 Å². The monoisotopic (exact) mass is 206 g/mol. The molecule has 0 aliphatic rings. The number of nitrogens with one attached hydrogen (secondary N) is 1. The molecule has 0 atom stereocenters. The fourth-order valence-corrected chi connectivity index (χ4v) is 1.56. The summed E-state index contributed by atoms with van der Waals surface area (Å²) in [6.45, 7) is 6.78. The van der Waals surface area contributed by atoms with Gasteiger partial charge in [-0.15, -0.1) is 0 Å². The van der Waals surface area contributed by atoms with Crippen molar-refractivity contribution in [3.05, 3.63) is 17.0 Å². The van der Waals surface area contributed by atoms with Gasteiger partial charge >= 0.3 is 6.18 Å². The third-order valence-corrected chi connectivity index (χ3v) is 1.98. The molecule has 1 heterocycles. The van der Waals surface area contributed by atoms with Gasteiger partial charge < -0.3 is 0 Å². The van der Waals surface area contributed by atoms with E-state index in [2.05, 4.69) is 5.10 Å². The second kappa shape index (κ2) is 3.00. The standard InChI is InChI=1S/C9H13F3N2/c1-5-6(8(2,3)4)7(14-13-5)9(10,11)12/h1-4H3,(H,13,14). The Bertz CT molecular complexity index is 331. The summed E-state index contributed by atoms with van der Waals surface area (Å²) in [5.41, 5.74) is -0.639. The molecule has 0 fully saturated rings. The van der Waals surface area contributed by atoms with Gasteiger partial charge in [0.2, 0.25) is 0 Å². The molecule has 1 aromatic rings. The second-order valence-electron chi connectivity index (χ2n) is 4.31. The number of aromatic nitrogens is 2. The van der Waals surface area contributed by atoms with E-state index in [1.807, 2.05) is 5.10 Å². The van der Waals surface area contributed by atoms with Crippen LogP contribution in [0, 0.1) is 6.92 Å². The third-order valence-electron chi connectivity index (χ3n) is 1.98. The van der Waals surface area contributed by atoms with E-state index in [9.17, 15) is 13.2 Å². The van der Waals surface area contributed by atoms with E-state index in [-0.39, 0.29) is 5.56 Å². The minimum absolute atomic E-state index is 0.241. The predicted octanol–water partition coefficient (Wildman–Crippen LogP) is 3.03. The molecule has 0 amide bonds. The Morgan fingerprint density at radius 2 is 1.64 bits per heavy atom. The molecule has 0 saturated heterocycles. The lowest BCUT2D eigenvalue weighted by molar-refractivity contribution is -0.142. The average Bonchev–Trinajstić information content (AvgIpc) is 2.27. The second-order valence-corrected chi connectivity index (χ2v) is 4.31. The molecule has 0 aliphatic heterocycles. The van der Waals surface area contributed by atoms with Crippen LogP contribution in [0.1, 0.15) is 37.7 Å². The van der Waals surface area contributed by atoms with Gasteiger partial charge in [0.05, 0.1) is 5.69 Å². The van der Waals surface area contributed by atoms with Crippen molar-refractivity contribution in [3.8, 4) is 0 Å². The number of halogens is 3. The van der Waals surface area contributed by atoms with Crippen LogP contribution in [0.3, 0.4) is 0 Å². The largest absolute Gasteiger partial charge is 0.433 e. The zero-order valence-electron chi connectivity index (χ0n) is 8.58. The molecule has 0 spiro atoms. The first kappa shape index (κ1) is 11.1. The Morgan fingerprint density at radius 1 is 1.14 bits per heavy atom. The van der Waals surface area contributed by atoms with E-state index >= 15 is 0 Å². The van der Waals surface area contributed by atoms with Gasteiger partial charge in [-0.05, 0) is 12.3 Å². The number of nitrogens with zero attached hydrogens (tertiary/aromatic N) is 1. The first-order chi connectivity index (χ1) is 6.14. The Kier molecular flexibility index (Phi) is 2.37. The summed E-state index contributed by atoms with van der Waals surface area (Å²) in [6.07, 6.45) is -4.36. The third kappa shape index (κ3) is 1.91. The summed E-state index contributed by atoms with van der Waals surface area (Å²) < 4.78 is 37.6. The number of hydrogen-bond acceptors (Lipinski definition) is 1. The number of aryl methyl sites for hydroxylation is 1. The van der Waals surface area contributed by atoms with Crippen LogP contribution in [0.15, 0.2) is 0 Å². The lowest BCUT2D eigenvalue weighted by Crippen LogP contribution is -2.19. The van der Waals surface area contributed by atoms with E-state index in [1.54, 1.807) is 27.7 Å². The lowest BCUT2D eigenvalue weighted by atomic mass is 9.85. The van der Waals surface area contributed by atoms with Gasteiger partial charge in [0.15, 0.2) is 0 Å². The number of rotatable bonds is 0. The van der Waals surface area contributed by atoms with Gasteiger partial charge in [-0.3, -0.25) is 5.10 Å². The van der Waals surface area contributed by atoms with Crippen molar-refractivity contribution in [1.29, 1.82) is 0 Å². The predicted molar refractivity (Wildman–Crippen MR) is 47.0 cm³/mol. The van der Waals surface area contributed by atoms with Crippen LogP contribution >= 0.6 is 0 Å². The van der Waals surface area contributed by atoms with E-state index < -0.39 is 17.3 Å². The molecular weight excluding hydrogens is 193 g/mol. The van der Waals surface area contributed by atoms with Crippen LogP contribution < -0.4 is 0 Å². The van der Waals surface area contributed by atoms with Crippen LogP contribution in [-0.2, 0) is 11.6 Å². The highest BCUT2D eigenvalue weighted by atomic mass is 19.4. The minimum Gasteiger partial charge on any atom is -0.273 e. The molecule has 1 aromatic heterocycles. The highest BCUT2D eigenvalue weighted by Gasteiger charge is 2.39. The van der Waals surface area contributed by atoms with Crippen molar-refractivity contribution in [2.45, 2.75) is 39.3 Å². The number of hydrogen-bond donors (Lipinski definition) is 1. The first-order valence-corrected chi connectivity index (χ1v) is 4.26. The fourth-order valence-electron chi connectivity index (χ4n) is 1.56. The average molecular weight is 206 g/mol. The zero-order valence-corrected chi connectivity index (χ0v) is 8.58. The van der Waals surface area contributed by atoms with Crippen molar-refractivity contribution in [2.24, 2.45) is 0 Å². The Balaban J connectivity index is 3.35. The quantitative estimate of drug-likeness (QED) is 0.694. The van der Waals surface area contributed by atoms with Gasteiger partial charge in [-0.2, -0.15) is 18.3 Å². The van der Waals surface area contributed by atoms with Crippen LogP contribution in [0.25, 0.3) is 0 Å². The van der Waals surface area contributed by atoms with Crippen LogP contribution in [0.5, 0.6) is 0 Å². The molecule has 14 heavy (non-hydrogen) atoms. The fraction of sp³-hybridized carbons (Fsp3) is 0.667. The van der Waals surface area contributed by atoms with Crippen molar-refractivity contribution in [2.75, 3.05) is 0 Å². The molecule has 80 valence electrons. The van der Waals surface area contributed by atoms with Crippen molar-refractivity contribution in [3.63, 3.8) is 0 Å². The molecule has 0 radical (unpaired) electrons. The highest BCUT2D eigenvalue weighted by molar-refractivity contribution is 5.33. The topological polar surface area (TPSA) is 28.7 Å². The summed E-state index contributed by atoms with van der Waals surface area (Å²) in [5, 5.41) is 5.65. The van der Waals surface area contributed by atoms with Gasteiger partial charge in [0.25, 0.3) is 0 Å². The van der Waals surface area contributed by atoms with Crippen molar-refractivity contribution >= 4 is 0 Å². The van der Waals surface area contributed by atoms with Crippen LogP contribution in [-0.4, -0.2) is 10.2 Å².